The molecule has 1 fully saturated rings. The van der Waals surface area contributed by atoms with Gasteiger partial charge >= 0.3 is 0 Å². The van der Waals surface area contributed by atoms with Crippen LogP contribution in [-0.4, -0.2) is 26.9 Å². The molecule has 2 aromatic heterocycles. The number of benzene rings is 1. The smallest absolute Gasteiger partial charge is 0.254 e. The van der Waals surface area contributed by atoms with Gasteiger partial charge in [0, 0.05) is 37.2 Å². The zero-order valence-corrected chi connectivity index (χ0v) is 16.1. The average Bonchev–Trinajstić information content (AvgIpc) is 3.00. The quantitative estimate of drug-likeness (QED) is 0.647. The van der Waals surface area contributed by atoms with Crippen molar-refractivity contribution in [2.45, 2.75) is 31.7 Å². The van der Waals surface area contributed by atoms with E-state index in [2.05, 4.69) is 15.6 Å². The number of carbonyl (C=O) groups is 1. The molecule has 0 bridgehead atoms. The number of rotatable bonds is 4. The lowest BCUT2D eigenvalue weighted by molar-refractivity contribution is 0.0674. The molecule has 28 heavy (non-hydrogen) atoms. The first kappa shape index (κ1) is 18.3. The summed E-state index contributed by atoms with van der Waals surface area (Å²) in [6, 6.07) is 15.4. The molecule has 3 heterocycles. The third-order valence-electron chi connectivity index (χ3n) is 5.31. The van der Waals surface area contributed by atoms with Crippen LogP contribution < -0.4 is 4.74 Å². The van der Waals surface area contributed by atoms with E-state index >= 15 is 0 Å². The number of amides is 1. The van der Waals surface area contributed by atoms with Crippen LogP contribution in [0.25, 0.3) is 0 Å². The van der Waals surface area contributed by atoms with Crippen LogP contribution in [0.15, 0.2) is 67.1 Å². The third-order valence-corrected chi connectivity index (χ3v) is 5.31. The van der Waals surface area contributed by atoms with Crippen LogP contribution in [0.3, 0.4) is 0 Å². The average molecular weight is 375 g/mol. The van der Waals surface area contributed by atoms with Gasteiger partial charge in [0.1, 0.15) is 11.5 Å². The van der Waals surface area contributed by atoms with Crippen molar-refractivity contribution in [3.05, 3.63) is 78.4 Å². The Morgan fingerprint density at radius 3 is 2.61 bits per heavy atom. The summed E-state index contributed by atoms with van der Waals surface area (Å²) in [6.07, 6.45) is 9.80. The van der Waals surface area contributed by atoms with Crippen LogP contribution in [-0.2, 0) is 7.05 Å². The minimum absolute atomic E-state index is 0.0843. The van der Waals surface area contributed by atoms with Gasteiger partial charge in [-0.15, -0.1) is 0 Å². The maximum Gasteiger partial charge on any atom is 0.254 e. The number of ether oxygens (including phenoxy) is 1. The van der Waals surface area contributed by atoms with E-state index in [1.807, 2.05) is 60.6 Å². The van der Waals surface area contributed by atoms with Gasteiger partial charge < -0.3 is 14.2 Å². The number of aromatic nitrogens is 2. The molecule has 1 aliphatic rings. The molecule has 0 saturated carbocycles. The normalized spacial score (nSPS) is 17.2. The predicted octanol–water partition coefficient (Wildman–Crippen LogP) is 4.97. The summed E-state index contributed by atoms with van der Waals surface area (Å²) < 4.78 is 7.91. The van der Waals surface area contributed by atoms with E-state index < -0.39 is 0 Å². The summed E-state index contributed by atoms with van der Waals surface area (Å²) in [7, 11) is 2.05. The molecule has 0 aliphatic carbocycles. The summed E-state index contributed by atoms with van der Waals surface area (Å²) in [5.74, 6) is 1.46. The van der Waals surface area contributed by atoms with Gasteiger partial charge in [0.15, 0.2) is 0 Å². The van der Waals surface area contributed by atoms with Crippen LogP contribution in [0.1, 0.15) is 47.8 Å². The highest BCUT2D eigenvalue weighted by atomic mass is 16.5. The number of hydrogen-bond donors (Lipinski definition) is 0. The van der Waals surface area contributed by atoms with Crippen molar-refractivity contribution in [1.29, 1.82) is 0 Å². The van der Waals surface area contributed by atoms with Gasteiger partial charge in [-0.05, 0) is 61.4 Å². The minimum Gasteiger partial charge on any atom is -0.456 e. The van der Waals surface area contributed by atoms with E-state index in [0.29, 0.717) is 17.1 Å². The van der Waals surface area contributed by atoms with Gasteiger partial charge in [-0.1, -0.05) is 12.8 Å². The van der Waals surface area contributed by atoms with Crippen LogP contribution in [0.4, 0.5) is 0 Å². The number of aryl methyl sites for hydroxylation is 1. The monoisotopic (exact) mass is 375 g/mol. The lowest BCUT2D eigenvalue weighted by atomic mass is 10.1. The predicted molar refractivity (Wildman–Crippen MR) is 108 cm³/mol. The summed E-state index contributed by atoms with van der Waals surface area (Å²) in [6.45, 7) is 0.794. The van der Waals surface area contributed by atoms with E-state index in [0.717, 1.165) is 25.8 Å². The largest absolute Gasteiger partial charge is 0.456 e. The molecule has 1 amide bonds. The fraction of sp³-hybridized carbons (Fsp3) is 0.304. The van der Waals surface area contributed by atoms with E-state index in [1.54, 1.807) is 12.4 Å². The van der Waals surface area contributed by atoms with Crippen LogP contribution >= 0.6 is 0 Å². The second-order valence-corrected chi connectivity index (χ2v) is 7.22. The van der Waals surface area contributed by atoms with E-state index in [1.165, 1.54) is 12.1 Å². The maximum absolute atomic E-state index is 13.3. The van der Waals surface area contributed by atoms with Gasteiger partial charge in [0.05, 0.1) is 12.2 Å². The minimum atomic E-state index is 0.0843. The zero-order valence-electron chi connectivity index (χ0n) is 16.1. The highest BCUT2D eigenvalue weighted by molar-refractivity contribution is 5.94. The van der Waals surface area contributed by atoms with Gasteiger partial charge in [0.25, 0.3) is 5.91 Å². The Labute approximate surface area is 165 Å². The molecule has 5 heteroatoms. The van der Waals surface area contributed by atoms with Crippen molar-refractivity contribution in [2.75, 3.05) is 6.54 Å². The first-order chi connectivity index (χ1) is 13.7. The molecule has 4 rings (SSSR count). The second kappa shape index (κ2) is 8.30. The molecule has 0 N–H and O–H groups in total. The standard InChI is InChI=1S/C23H25N3O2/c1-25-15-6-9-21(25)22-8-3-2-4-16-26(22)23(27)18-10-12-19(13-11-18)28-20-7-5-14-24-17-20/h5-7,9-15,17,22H,2-4,8,16H2,1H3. The fourth-order valence-electron chi connectivity index (χ4n) is 3.85. The molecular weight excluding hydrogens is 350 g/mol. The maximum atomic E-state index is 13.3. The van der Waals surface area contributed by atoms with Crippen molar-refractivity contribution < 1.29 is 9.53 Å². The Kier molecular flexibility index (Phi) is 5.42. The molecule has 3 aromatic rings. The highest BCUT2D eigenvalue weighted by Crippen LogP contribution is 2.32. The van der Waals surface area contributed by atoms with Crippen LogP contribution in [0.5, 0.6) is 11.5 Å². The highest BCUT2D eigenvalue weighted by Gasteiger charge is 2.28. The Balaban J connectivity index is 1.54. The zero-order chi connectivity index (χ0) is 19.3. The van der Waals surface area contributed by atoms with Gasteiger partial charge in [-0.3, -0.25) is 9.78 Å². The lowest BCUT2D eigenvalue weighted by Gasteiger charge is -2.30. The van der Waals surface area contributed by atoms with Crippen molar-refractivity contribution >= 4 is 5.91 Å². The van der Waals surface area contributed by atoms with Crippen molar-refractivity contribution in [3.8, 4) is 11.5 Å². The van der Waals surface area contributed by atoms with Crippen molar-refractivity contribution in [2.24, 2.45) is 7.05 Å². The molecule has 144 valence electrons. The number of nitrogens with zero attached hydrogens (tertiary/aromatic N) is 3. The number of pyridine rings is 1. The van der Waals surface area contributed by atoms with E-state index in [4.69, 9.17) is 4.74 Å². The summed E-state index contributed by atoms with van der Waals surface area (Å²) in [5.41, 5.74) is 1.89. The van der Waals surface area contributed by atoms with Crippen molar-refractivity contribution in [3.63, 3.8) is 0 Å². The number of carbonyl (C=O) groups excluding carboxylic acids is 1. The Morgan fingerprint density at radius 1 is 1.04 bits per heavy atom. The van der Waals surface area contributed by atoms with Crippen molar-refractivity contribution in [1.82, 2.24) is 14.5 Å². The van der Waals surface area contributed by atoms with E-state index in [9.17, 15) is 4.79 Å². The van der Waals surface area contributed by atoms with E-state index in [-0.39, 0.29) is 11.9 Å². The van der Waals surface area contributed by atoms with Gasteiger partial charge in [-0.2, -0.15) is 0 Å². The third kappa shape index (κ3) is 3.93. The molecule has 1 saturated heterocycles. The molecule has 1 aliphatic heterocycles. The molecule has 1 unspecified atom stereocenters. The second-order valence-electron chi connectivity index (χ2n) is 7.22. The van der Waals surface area contributed by atoms with Crippen LogP contribution in [0, 0.1) is 0 Å². The van der Waals surface area contributed by atoms with Gasteiger partial charge in [-0.25, -0.2) is 0 Å². The molecule has 0 radical (unpaired) electrons. The number of hydrogen-bond acceptors (Lipinski definition) is 3. The number of likely N-dealkylation sites (tertiary alicyclic amines) is 1. The summed E-state index contributed by atoms with van der Waals surface area (Å²) >= 11 is 0. The topological polar surface area (TPSA) is 47.4 Å². The molecule has 1 atom stereocenters. The van der Waals surface area contributed by atoms with Crippen LogP contribution in [0.2, 0.25) is 0 Å². The Hall–Kier alpha value is -3.08. The first-order valence-corrected chi connectivity index (χ1v) is 9.82. The molecule has 1 aromatic carbocycles. The SMILES string of the molecule is Cn1cccc1C1CCCCCN1C(=O)c1ccc(Oc2cccnc2)cc1. The fourth-order valence-corrected chi connectivity index (χ4v) is 3.85. The van der Waals surface area contributed by atoms with Gasteiger partial charge in [0.2, 0.25) is 0 Å². The lowest BCUT2D eigenvalue weighted by Crippen LogP contribution is -2.35. The molecular formula is C23H25N3O2. The first-order valence-electron chi connectivity index (χ1n) is 9.82. The Morgan fingerprint density at radius 2 is 1.89 bits per heavy atom. The molecule has 5 nitrogen and oxygen atoms in total. The summed E-state index contributed by atoms with van der Waals surface area (Å²) in [5, 5.41) is 0. The molecule has 0 spiro atoms. The Bertz CT molecular complexity index is 919. The summed E-state index contributed by atoms with van der Waals surface area (Å²) in [4.78, 5) is 19.4.